The first kappa shape index (κ1) is 11.1. The second kappa shape index (κ2) is 4.66. The smallest absolute Gasteiger partial charge is 0.237 e. The van der Waals surface area contributed by atoms with Gasteiger partial charge in [-0.25, -0.2) is 0 Å². The fourth-order valence-corrected chi connectivity index (χ4v) is 2.15. The Labute approximate surface area is 95.4 Å². The summed E-state index contributed by atoms with van der Waals surface area (Å²) in [5.74, 6) is 0.594. The van der Waals surface area contributed by atoms with Crippen LogP contribution in [0.2, 0.25) is 0 Å². The third-order valence-corrected chi connectivity index (χ3v) is 2.94. The van der Waals surface area contributed by atoms with Crippen molar-refractivity contribution in [3.63, 3.8) is 0 Å². The Bertz CT molecular complexity index is 387. The van der Waals surface area contributed by atoms with Gasteiger partial charge < -0.3 is 9.47 Å². The topological polar surface area (TPSA) is 35.5 Å². The van der Waals surface area contributed by atoms with Crippen molar-refractivity contribution in [1.29, 1.82) is 0 Å². The largest absolute Gasteiger partial charge is 0.496 e. The quantitative estimate of drug-likeness (QED) is 0.783. The molecule has 0 bridgehead atoms. The highest BCUT2D eigenvalue weighted by molar-refractivity contribution is 5.80. The lowest BCUT2D eigenvalue weighted by Gasteiger charge is -2.16. The van der Waals surface area contributed by atoms with Crippen molar-refractivity contribution in [1.82, 2.24) is 0 Å². The van der Waals surface area contributed by atoms with Gasteiger partial charge in [0.2, 0.25) is 6.29 Å². The van der Waals surface area contributed by atoms with E-state index >= 15 is 0 Å². The van der Waals surface area contributed by atoms with Crippen LogP contribution in [-0.2, 0) is 9.53 Å². The number of para-hydroxylation sites is 1. The van der Waals surface area contributed by atoms with Crippen LogP contribution in [0.3, 0.4) is 0 Å². The summed E-state index contributed by atoms with van der Waals surface area (Å²) in [4.78, 5) is 10.8. The molecule has 1 aromatic rings. The van der Waals surface area contributed by atoms with Crippen molar-refractivity contribution in [2.75, 3.05) is 7.11 Å². The summed E-state index contributed by atoms with van der Waals surface area (Å²) in [6.07, 6.45) is 4.22. The first-order valence-corrected chi connectivity index (χ1v) is 5.46. The van der Waals surface area contributed by atoms with Crippen LogP contribution in [0.1, 0.15) is 37.0 Å². The molecule has 3 nitrogen and oxygen atoms in total. The molecule has 3 heteroatoms. The van der Waals surface area contributed by atoms with Crippen molar-refractivity contribution in [3.05, 3.63) is 29.3 Å². The van der Waals surface area contributed by atoms with Crippen LogP contribution in [0.25, 0.3) is 0 Å². The molecule has 1 fully saturated rings. The van der Waals surface area contributed by atoms with Crippen LogP contribution in [0.15, 0.2) is 18.2 Å². The van der Waals surface area contributed by atoms with Gasteiger partial charge in [0.25, 0.3) is 0 Å². The molecule has 1 heterocycles. The number of hydrogen-bond acceptors (Lipinski definition) is 3. The lowest BCUT2D eigenvalue weighted by atomic mass is 10.0. The standard InChI is InChI=1S/C13H15O3/c1-9-6-7-12(16-9)11-5-3-4-10(8-14)13(11)15-2/h3-5,9,12H,6-7H2,1-2H3. The molecule has 16 heavy (non-hydrogen) atoms. The maximum absolute atomic E-state index is 10.8. The molecule has 85 valence electrons. The Balaban J connectivity index is 2.36. The maximum atomic E-state index is 10.8. The summed E-state index contributed by atoms with van der Waals surface area (Å²) >= 11 is 0. The highest BCUT2D eigenvalue weighted by atomic mass is 16.5. The van der Waals surface area contributed by atoms with E-state index in [9.17, 15) is 4.79 Å². The van der Waals surface area contributed by atoms with Gasteiger partial charge in [-0.1, -0.05) is 12.1 Å². The zero-order valence-corrected chi connectivity index (χ0v) is 9.53. The van der Waals surface area contributed by atoms with Gasteiger partial charge in [0.05, 0.1) is 24.9 Å². The van der Waals surface area contributed by atoms with Gasteiger partial charge in [-0.3, -0.25) is 4.79 Å². The lowest BCUT2D eigenvalue weighted by Crippen LogP contribution is -2.04. The Morgan fingerprint density at radius 1 is 1.44 bits per heavy atom. The number of rotatable bonds is 3. The van der Waals surface area contributed by atoms with E-state index in [0.29, 0.717) is 11.3 Å². The van der Waals surface area contributed by atoms with Gasteiger partial charge in [0.15, 0.2) is 0 Å². The van der Waals surface area contributed by atoms with Crippen molar-refractivity contribution < 1.29 is 14.3 Å². The van der Waals surface area contributed by atoms with Crippen molar-refractivity contribution in [2.24, 2.45) is 0 Å². The molecular formula is C13H15O3. The molecule has 1 aliphatic heterocycles. The monoisotopic (exact) mass is 219 g/mol. The second-order valence-electron chi connectivity index (χ2n) is 4.04. The van der Waals surface area contributed by atoms with Crippen LogP contribution in [-0.4, -0.2) is 19.5 Å². The number of methoxy groups -OCH3 is 1. The molecule has 1 radical (unpaired) electrons. The third kappa shape index (κ3) is 1.95. The predicted octanol–water partition coefficient (Wildman–Crippen LogP) is 2.39. The minimum Gasteiger partial charge on any atom is -0.496 e. The van der Waals surface area contributed by atoms with Crippen molar-refractivity contribution >= 4 is 6.29 Å². The van der Waals surface area contributed by atoms with E-state index in [1.807, 2.05) is 18.4 Å². The van der Waals surface area contributed by atoms with Gasteiger partial charge >= 0.3 is 0 Å². The van der Waals surface area contributed by atoms with E-state index in [0.717, 1.165) is 18.4 Å². The summed E-state index contributed by atoms with van der Waals surface area (Å²) in [6, 6.07) is 5.49. The fourth-order valence-electron chi connectivity index (χ4n) is 2.15. The molecule has 2 unspecified atom stereocenters. The summed E-state index contributed by atoms with van der Waals surface area (Å²) in [5, 5.41) is 0. The summed E-state index contributed by atoms with van der Waals surface area (Å²) in [6.45, 7) is 2.06. The lowest BCUT2D eigenvalue weighted by molar-refractivity contribution is 0.0541. The van der Waals surface area contributed by atoms with E-state index in [4.69, 9.17) is 9.47 Å². The molecule has 1 aromatic carbocycles. The molecule has 0 saturated carbocycles. The fraction of sp³-hybridized carbons (Fsp3) is 0.462. The molecule has 0 amide bonds. The summed E-state index contributed by atoms with van der Waals surface area (Å²) in [5.41, 5.74) is 1.41. The zero-order chi connectivity index (χ0) is 11.5. The third-order valence-electron chi connectivity index (χ3n) is 2.94. The van der Waals surface area contributed by atoms with Crippen LogP contribution < -0.4 is 4.74 Å². The molecule has 0 aliphatic carbocycles. The Morgan fingerprint density at radius 3 is 2.81 bits per heavy atom. The number of ether oxygens (including phenoxy) is 2. The van der Waals surface area contributed by atoms with Crippen LogP contribution in [0.4, 0.5) is 0 Å². The second-order valence-corrected chi connectivity index (χ2v) is 4.04. The van der Waals surface area contributed by atoms with Crippen molar-refractivity contribution in [2.45, 2.75) is 32.0 Å². The molecule has 2 atom stereocenters. The summed E-state index contributed by atoms with van der Waals surface area (Å²) < 4.78 is 11.1. The SMILES string of the molecule is COc1c([C]=O)cccc1C1CCC(C)O1. The van der Waals surface area contributed by atoms with E-state index in [-0.39, 0.29) is 12.2 Å². The van der Waals surface area contributed by atoms with Crippen LogP contribution >= 0.6 is 0 Å². The minimum atomic E-state index is 0.0400. The van der Waals surface area contributed by atoms with Crippen LogP contribution in [0.5, 0.6) is 5.75 Å². The highest BCUT2D eigenvalue weighted by Crippen LogP contribution is 2.38. The van der Waals surface area contributed by atoms with Gasteiger partial charge in [-0.05, 0) is 25.8 Å². The molecule has 0 aromatic heterocycles. The summed E-state index contributed by atoms with van der Waals surface area (Å²) in [7, 11) is 1.57. The molecule has 1 saturated heterocycles. The number of carbonyl (C=O) groups excluding carboxylic acids is 1. The van der Waals surface area contributed by atoms with Crippen molar-refractivity contribution in [3.8, 4) is 5.75 Å². The first-order chi connectivity index (χ1) is 7.76. The maximum Gasteiger partial charge on any atom is 0.237 e. The minimum absolute atomic E-state index is 0.0400. The molecule has 2 rings (SSSR count). The predicted molar refractivity (Wildman–Crippen MR) is 60.3 cm³/mol. The molecular weight excluding hydrogens is 204 g/mol. The van der Waals surface area contributed by atoms with Crippen LogP contribution in [0, 0.1) is 0 Å². The first-order valence-electron chi connectivity index (χ1n) is 5.46. The van der Waals surface area contributed by atoms with E-state index in [2.05, 4.69) is 6.92 Å². The Hall–Kier alpha value is -1.35. The molecule has 0 spiro atoms. The van der Waals surface area contributed by atoms with E-state index in [1.165, 1.54) is 0 Å². The van der Waals surface area contributed by atoms with E-state index < -0.39 is 0 Å². The highest BCUT2D eigenvalue weighted by Gasteiger charge is 2.26. The van der Waals surface area contributed by atoms with E-state index in [1.54, 1.807) is 13.2 Å². The molecule has 0 N–H and O–H groups in total. The normalized spacial score (nSPS) is 24.4. The molecule has 1 aliphatic rings. The van der Waals surface area contributed by atoms with Gasteiger partial charge in [0, 0.05) is 5.56 Å². The van der Waals surface area contributed by atoms with Gasteiger partial charge in [-0.2, -0.15) is 0 Å². The van der Waals surface area contributed by atoms with Gasteiger partial charge in [-0.15, -0.1) is 0 Å². The average molecular weight is 219 g/mol. The number of benzene rings is 1. The number of hydrogen-bond donors (Lipinski definition) is 0. The Kier molecular flexibility index (Phi) is 3.25. The zero-order valence-electron chi connectivity index (χ0n) is 9.53. The van der Waals surface area contributed by atoms with Gasteiger partial charge in [0.1, 0.15) is 5.75 Å². The average Bonchev–Trinajstić information content (AvgIpc) is 2.74. The Morgan fingerprint density at radius 2 is 2.25 bits per heavy atom.